The van der Waals surface area contributed by atoms with Crippen LogP contribution in [0.5, 0.6) is 0 Å². The zero-order valence-electron chi connectivity index (χ0n) is 6.71. The van der Waals surface area contributed by atoms with Gasteiger partial charge in [-0.3, -0.25) is 0 Å². The Labute approximate surface area is 71.2 Å². The van der Waals surface area contributed by atoms with Crippen LogP contribution in [0.1, 0.15) is 6.42 Å². The maximum Gasteiger partial charge on any atom is 0.140 e. The van der Waals surface area contributed by atoms with Crippen molar-refractivity contribution < 1.29 is 5.21 Å². The van der Waals surface area contributed by atoms with Crippen LogP contribution in [-0.4, -0.2) is 36.1 Å². The Morgan fingerprint density at radius 1 is 1.64 bits per heavy atom. The summed E-state index contributed by atoms with van der Waals surface area (Å²) in [6.07, 6.45) is 2.66. The standard InChI is InChI=1S/C6H15N3OS/c1-11-5-4-8-3-2-6(7)9-10/h8,10H,2-5H2,1H3,(H2,7,9). The molecule has 0 unspecified atom stereocenters. The molecular formula is C6H15N3OS. The zero-order chi connectivity index (χ0) is 8.53. The van der Waals surface area contributed by atoms with Gasteiger partial charge in [0.1, 0.15) is 5.84 Å². The summed E-state index contributed by atoms with van der Waals surface area (Å²) < 4.78 is 0. The second kappa shape index (κ2) is 7.68. The number of nitrogens with zero attached hydrogens (tertiary/aromatic N) is 1. The fraction of sp³-hybridized carbons (Fsp3) is 0.833. The molecule has 0 atom stereocenters. The van der Waals surface area contributed by atoms with E-state index >= 15 is 0 Å². The predicted octanol–water partition coefficient (Wildman–Crippen LogP) is 0.0755. The molecule has 0 bridgehead atoms. The number of hydrogen-bond acceptors (Lipinski definition) is 4. The van der Waals surface area contributed by atoms with Gasteiger partial charge in [-0.2, -0.15) is 11.8 Å². The highest BCUT2D eigenvalue weighted by Crippen LogP contribution is 1.87. The molecule has 0 saturated heterocycles. The minimum atomic E-state index is 0.279. The smallest absolute Gasteiger partial charge is 0.140 e. The lowest BCUT2D eigenvalue weighted by Gasteiger charge is -2.01. The Morgan fingerprint density at radius 2 is 2.36 bits per heavy atom. The normalized spacial score (nSPS) is 11.9. The highest BCUT2D eigenvalue weighted by molar-refractivity contribution is 7.98. The fourth-order valence-corrected chi connectivity index (χ4v) is 0.914. The zero-order valence-corrected chi connectivity index (χ0v) is 7.52. The summed E-state index contributed by atoms with van der Waals surface area (Å²) in [5.41, 5.74) is 5.24. The maximum atomic E-state index is 8.17. The number of amidine groups is 1. The van der Waals surface area contributed by atoms with Crippen LogP contribution in [0.15, 0.2) is 5.16 Å². The molecule has 0 aliphatic rings. The van der Waals surface area contributed by atoms with Crippen LogP contribution in [0.2, 0.25) is 0 Å². The minimum absolute atomic E-state index is 0.279. The Kier molecular flexibility index (Phi) is 7.39. The number of thioether (sulfide) groups is 1. The van der Waals surface area contributed by atoms with Crippen LogP contribution in [0.3, 0.4) is 0 Å². The van der Waals surface area contributed by atoms with Gasteiger partial charge in [0.25, 0.3) is 0 Å². The lowest BCUT2D eigenvalue weighted by Crippen LogP contribution is -2.23. The Bertz CT molecular complexity index is 118. The molecule has 0 aromatic heterocycles. The lowest BCUT2D eigenvalue weighted by atomic mass is 10.4. The minimum Gasteiger partial charge on any atom is -0.409 e. The van der Waals surface area contributed by atoms with Crippen molar-refractivity contribution in [3.05, 3.63) is 0 Å². The predicted molar refractivity (Wildman–Crippen MR) is 49.3 cm³/mol. The van der Waals surface area contributed by atoms with Crippen LogP contribution in [0, 0.1) is 0 Å². The van der Waals surface area contributed by atoms with Crippen molar-refractivity contribution in [2.24, 2.45) is 10.9 Å². The quantitative estimate of drug-likeness (QED) is 0.177. The average Bonchev–Trinajstić information content (AvgIpc) is 2.04. The van der Waals surface area contributed by atoms with Gasteiger partial charge in [-0.15, -0.1) is 0 Å². The molecule has 4 N–H and O–H groups in total. The van der Waals surface area contributed by atoms with Gasteiger partial charge in [0.05, 0.1) is 0 Å². The second-order valence-electron chi connectivity index (χ2n) is 2.08. The van der Waals surface area contributed by atoms with Gasteiger partial charge in [0, 0.05) is 25.3 Å². The molecule has 5 heteroatoms. The topological polar surface area (TPSA) is 70.6 Å². The molecule has 0 aromatic carbocycles. The molecule has 0 rings (SSSR count). The van der Waals surface area contributed by atoms with Crippen molar-refractivity contribution in [2.75, 3.05) is 25.1 Å². The third-order valence-corrected chi connectivity index (χ3v) is 1.78. The molecule has 11 heavy (non-hydrogen) atoms. The first-order chi connectivity index (χ1) is 5.31. The summed E-state index contributed by atoms with van der Waals surface area (Å²) in [4.78, 5) is 0. The molecule has 4 nitrogen and oxygen atoms in total. The lowest BCUT2D eigenvalue weighted by molar-refractivity contribution is 0.316. The summed E-state index contributed by atoms with van der Waals surface area (Å²) in [5, 5.41) is 14.2. The third-order valence-electron chi connectivity index (χ3n) is 1.17. The van der Waals surface area contributed by atoms with Crippen molar-refractivity contribution >= 4 is 17.6 Å². The van der Waals surface area contributed by atoms with Crippen molar-refractivity contribution in [1.29, 1.82) is 0 Å². The molecule has 0 saturated carbocycles. The molecule has 0 aromatic rings. The number of nitrogens with two attached hydrogens (primary N) is 1. The summed E-state index contributed by atoms with van der Waals surface area (Å²) >= 11 is 1.79. The Morgan fingerprint density at radius 3 is 2.91 bits per heavy atom. The van der Waals surface area contributed by atoms with E-state index in [9.17, 15) is 0 Å². The van der Waals surface area contributed by atoms with Crippen molar-refractivity contribution in [1.82, 2.24) is 5.32 Å². The molecule has 0 radical (unpaired) electrons. The molecule has 66 valence electrons. The molecule has 0 spiro atoms. The van der Waals surface area contributed by atoms with Gasteiger partial charge in [-0.25, -0.2) is 0 Å². The van der Waals surface area contributed by atoms with E-state index in [1.54, 1.807) is 11.8 Å². The number of oxime groups is 1. The number of hydrogen-bond donors (Lipinski definition) is 3. The maximum absolute atomic E-state index is 8.17. The summed E-state index contributed by atoms with van der Waals surface area (Å²) in [7, 11) is 0. The Hall–Kier alpha value is -0.420. The van der Waals surface area contributed by atoms with Crippen LogP contribution in [-0.2, 0) is 0 Å². The monoisotopic (exact) mass is 177 g/mol. The fourth-order valence-electron chi connectivity index (χ4n) is 0.566. The first-order valence-electron chi connectivity index (χ1n) is 3.47. The van der Waals surface area contributed by atoms with E-state index < -0.39 is 0 Å². The van der Waals surface area contributed by atoms with Gasteiger partial charge >= 0.3 is 0 Å². The van der Waals surface area contributed by atoms with Crippen LogP contribution in [0.25, 0.3) is 0 Å². The SMILES string of the molecule is CSCCNCCC(N)=NO. The van der Waals surface area contributed by atoms with E-state index in [0.717, 1.165) is 18.8 Å². The third kappa shape index (κ3) is 7.48. The highest BCUT2D eigenvalue weighted by atomic mass is 32.2. The summed E-state index contributed by atoms with van der Waals surface area (Å²) in [5.74, 6) is 1.37. The van der Waals surface area contributed by atoms with Gasteiger partial charge in [-0.1, -0.05) is 5.16 Å². The van der Waals surface area contributed by atoms with Gasteiger partial charge in [0.2, 0.25) is 0 Å². The average molecular weight is 177 g/mol. The molecule has 0 aliphatic heterocycles. The molecule has 0 amide bonds. The first kappa shape index (κ1) is 10.6. The van der Waals surface area contributed by atoms with E-state index in [-0.39, 0.29) is 5.84 Å². The number of nitrogens with one attached hydrogen (secondary N) is 1. The Balaban J connectivity index is 3.02. The van der Waals surface area contributed by atoms with Crippen molar-refractivity contribution in [2.45, 2.75) is 6.42 Å². The van der Waals surface area contributed by atoms with Crippen molar-refractivity contribution in [3.8, 4) is 0 Å². The number of rotatable bonds is 6. The molecule has 0 heterocycles. The van der Waals surface area contributed by atoms with E-state index in [0.29, 0.717) is 6.42 Å². The van der Waals surface area contributed by atoms with Crippen molar-refractivity contribution in [3.63, 3.8) is 0 Å². The second-order valence-corrected chi connectivity index (χ2v) is 3.07. The van der Waals surface area contributed by atoms with Gasteiger partial charge in [0.15, 0.2) is 0 Å². The van der Waals surface area contributed by atoms with Crippen LogP contribution < -0.4 is 11.1 Å². The van der Waals surface area contributed by atoms with Crippen LogP contribution >= 0.6 is 11.8 Å². The largest absolute Gasteiger partial charge is 0.409 e. The van der Waals surface area contributed by atoms with Gasteiger partial charge < -0.3 is 16.3 Å². The summed E-state index contributed by atoms with van der Waals surface area (Å²) in [6.45, 7) is 1.75. The molecule has 0 fully saturated rings. The molecular weight excluding hydrogens is 162 g/mol. The molecule has 0 aliphatic carbocycles. The van der Waals surface area contributed by atoms with E-state index in [1.165, 1.54) is 0 Å². The van der Waals surface area contributed by atoms with E-state index in [1.807, 2.05) is 0 Å². The summed E-state index contributed by atoms with van der Waals surface area (Å²) in [6, 6.07) is 0. The van der Waals surface area contributed by atoms with Crippen LogP contribution in [0.4, 0.5) is 0 Å². The highest BCUT2D eigenvalue weighted by Gasteiger charge is 1.91. The van der Waals surface area contributed by atoms with E-state index in [4.69, 9.17) is 10.9 Å². The first-order valence-corrected chi connectivity index (χ1v) is 4.86. The van der Waals surface area contributed by atoms with Gasteiger partial charge in [-0.05, 0) is 6.26 Å². The van der Waals surface area contributed by atoms with E-state index in [2.05, 4.69) is 16.7 Å².